The van der Waals surface area contributed by atoms with Crippen LogP contribution in [0.4, 0.5) is 5.69 Å². The topological polar surface area (TPSA) is 35.2 Å². The van der Waals surface area contributed by atoms with Gasteiger partial charge in [0.1, 0.15) is 12.4 Å². The highest BCUT2D eigenvalue weighted by atomic mass is 35.5. The van der Waals surface area contributed by atoms with Crippen LogP contribution in [0.2, 0.25) is 5.02 Å². The number of hydrogen-bond acceptors (Lipinski definition) is 2. The number of halogens is 1. The second-order valence-electron chi connectivity index (χ2n) is 3.91. The van der Waals surface area contributed by atoms with Crippen LogP contribution in [0.1, 0.15) is 11.1 Å². The van der Waals surface area contributed by atoms with Gasteiger partial charge in [-0.25, -0.2) is 0 Å². The maximum absolute atomic E-state index is 5.91. The van der Waals surface area contributed by atoms with Crippen LogP contribution < -0.4 is 10.5 Å². The number of para-hydroxylation sites is 1. The third kappa shape index (κ3) is 2.92. The Balaban J connectivity index is 2.13. The maximum atomic E-state index is 5.91. The largest absolute Gasteiger partial charge is 0.486 e. The molecule has 0 aliphatic rings. The molecule has 2 rings (SSSR count). The molecule has 0 saturated heterocycles. The summed E-state index contributed by atoms with van der Waals surface area (Å²) in [7, 11) is 0. The molecule has 0 saturated carbocycles. The third-order valence-electron chi connectivity index (χ3n) is 2.51. The molecule has 17 heavy (non-hydrogen) atoms. The summed E-state index contributed by atoms with van der Waals surface area (Å²) in [6.07, 6.45) is 0. The summed E-state index contributed by atoms with van der Waals surface area (Å²) < 4.78 is 5.72. The Hall–Kier alpha value is -1.67. The first kappa shape index (κ1) is 11.8. The van der Waals surface area contributed by atoms with Crippen molar-refractivity contribution in [1.29, 1.82) is 0 Å². The molecule has 88 valence electrons. The number of benzene rings is 2. The Kier molecular flexibility index (Phi) is 3.55. The van der Waals surface area contributed by atoms with E-state index in [9.17, 15) is 0 Å². The fraction of sp³-hybridized carbons (Fsp3) is 0.143. The van der Waals surface area contributed by atoms with Crippen molar-refractivity contribution in [2.45, 2.75) is 13.5 Å². The van der Waals surface area contributed by atoms with Crippen LogP contribution in [-0.2, 0) is 6.61 Å². The zero-order valence-electron chi connectivity index (χ0n) is 9.61. The quantitative estimate of drug-likeness (QED) is 0.837. The molecule has 0 fully saturated rings. The first-order valence-corrected chi connectivity index (χ1v) is 5.77. The van der Waals surface area contributed by atoms with E-state index in [-0.39, 0.29) is 0 Å². The molecule has 2 aromatic rings. The van der Waals surface area contributed by atoms with Gasteiger partial charge in [-0.2, -0.15) is 0 Å². The van der Waals surface area contributed by atoms with Crippen molar-refractivity contribution in [3.63, 3.8) is 0 Å². The fourth-order valence-electron chi connectivity index (χ4n) is 1.65. The zero-order chi connectivity index (χ0) is 12.3. The van der Waals surface area contributed by atoms with Gasteiger partial charge in [0.25, 0.3) is 0 Å². The van der Waals surface area contributed by atoms with Crippen molar-refractivity contribution in [1.82, 2.24) is 0 Å². The van der Waals surface area contributed by atoms with Crippen molar-refractivity contribution >= 4 is 17.3 Å². The number of rotatable bonds is 3. The van der Waals surface area contributed by atoms with E-state index in [1.807, 2.05) is 49.4 Å². The molecule has 2 nitrogen and oxygen atoms in total. The first-order valence-electron chi connectivity index (χ1n) is 5.39. The summed E-state index contributed by atoms with van der Waals surface area (Å²) in [5.41, 5.74) is 8.59. The van der Waals surface area contributed by atoms with Crippen molar-refractivity contribution in [2.24, 2.45) is 0 Å². The van der Waals surface area contributed by atoms with Gasteiger partial charge >= 0.3 is 0 Å². The number of aryl methyl sites for hydroxylation is 1. The van der Waals surface area contributed by atoms with Gasteiger partial charge in [0.05, 0.1) is 5.69 Å². The van der Waals surface area contributed by atoms with Crippen LogP contribution in [0.5, 0.6) is 5.75 Å². The molecule has 0 atom stereocenters. The monoisotopic (exact) mass is 247 g/mol. The predicted molar refractivity (Wildman–Crippen MR) is 71.4 cm³/mol. The number of hydrogen-bond donors (Lipinski definition) is 1. The Bertz CT molecular complexity index is 505. The minimum atomic E-state index is 0.468. The van der Waals surface area contributed by atoms with Gasteiger partial charge in [0.2, 0.25) is 0 Å². The van der Waals surface area contributed by atoms with E-state index >= 15 is 0 Å². The van der Waals surface area contributed by atoms with Crippen molar-refractivity contribution in [3.05, 3.63) is 58.6 Å². The minimum Gasteiger partial charge on any atom is -0.486 e. The van der Waals surface area contributed by atoms with Gasteiger partial charge in [0, 0.05) is 5.02 Å². The third-order valence-corrected chi connectivity index (χ3v) is 2.75. The van der Waals surface area contributed by atoms with Crippen LogP contribution in [0.15, 0.2) is 42.5 Å². The average Bonchev–Trinajstić information content (AvgIpc) is 2.28. The fourth-order valence-corrected chi connectivity index (χ4v) is 1.87. The Morgan fingerprint density at radius 2 is 1.94 bits per heavy atom. The van der Waals surface area contributed by atoms with Crippen molar-refractivity contribution in [2.75, 3.05) is 5.73 Å². The molecule has 0 aliphatic carbocycles. The highest BCUT2D eigenvalue weighted by Crippen LogP contribution is 2.26. The molecule has 0 aromatic heterocycles. The number of anilines is 1. The summed E-state index contributed by atoms with van der Waals surface area (Å²) in [4.78, 5) is 0. The summed E-state index contributed by atoms with van der Waals surface area (Å²) >= 11 is 5.91. The Morgan fingerprint density at radius 3 is 2.65 bits per heavy atom. The maximum Gasteiger partial charge on any atom is 0.145 e. The highest BCUT2D eigenvalue weighted by Gasteiger charge is 2.04. The minimum absolute atomic E-state index is 0.468. The molecule has 2 N–H and O–H groups in total. The molecular weight excluding hydrogens is 234 g/mol. The van der Waals surface area contributed by atoms with E-state index in [0.717, 1.165) is 16.9 Å². The average molecular weight is 248 g/mol. The lowest BCUT2D eigenvalue weighted by Gasteiger charge is -2.11. The van der Waals surface area contributed by atoms with Crippen LogP contribution >= 0.6 is 11.6 Å². The standard InChI is InChI=1S/C14H14ClNO/c1-10-4-2-7-13(16)14(10)17-9-11-5-3-6-12(15)8-11/h2-8H,9,16H2,1H3. The summed E-state index contributed by atoms with van der Waals surface area (Å²) in [5.74, 6) is 0.743. The van der Waals surface area contributed by atoms with Crippen LogP contribution in [-0.4, -0.2) is 0 Å². The SMILES string of the molecule is Cc1cccc(N)c1OCc1cccc(Cl)c1. The summed E-state index contributed by atoms with van der Waals surface area (Å²) in [5, 5.41) is 0.712. The zero-order valence-corrected chi connectivity index (χ0v) is 10.4. The second kappa shape index (κ2) is 5.11. The predicted octanol–water partition coefficient (Wildman–Crippen LogP) is 3.81. The summed E-state index contributed by atoms with van der Waals surface area (Å²) in [6, 6.07) is 13.3. The van der Waals surface area contributed by atoms with E-state index in [2.05, 4.69) is 0 Å². The molecule has 0 radical (unpaired) electrons. The van der Waals surface area contributed by atoms with Crippen molar-refractivity contribution < 1.29 is 4.74 Å². The van der Waals surface area contributed by atoms with Gasteiger partial charge in [-0.05, 0) is 36.2 Å². The van der Waals surface area contributed by atoms with Gasteiger partial charge in [-0.1, -0.05) is 35.9 Å². The number of nitrogen functional groups attached to an aromatic ring is 1. The molecule has 2 aromatic carbocycles. The summed E-state index contributed by atoms with van der Waals surface area (Å²) in [6.45, 7) is 2.44. The van der Waals surface area contributed by atoms with Gasteiger partial charge in [0.15, 0.2) is 0 Å². The molecule has 0 unspecified atom stereocenters. The lowest BCUT2D eigenvalue weighted by Crippen LogP contribution is -2.00. The number of ether oxygens (including phenoxy) is 1. The molecule has 0 spiro atoms. The van der Waals surface area contributed by atoms with Gasteiger partial charge in [-0.3, -0.25) is 0 Å². The molecule has 0 aliphatic heterocycles. The Labute approximate surface area is 106 Å². The molecule has 0 heterocycles. The van der Waals surface area contributed by atoms with E-state index < -0.39 is 0 Å². The van der Waals surface area contributed by atoms with Crippen molar-refractivity contribution in [3.8, 4) is 5.75 Å². The lowest BCUT2D eigenvalue weighted by molar-refractivity contribution is 0.306. The smallest absolute Gasteiger partial charge is 0.145 e. The molecule has 0 bridgehead atoms. The normalized spacial score (nSPS) is 10.2. The lowest BCUT2D eigenvalue weighted by atomic mass is 10.2. The molecular formula is C14H14ClNO. The first-order chi connectivity index (χ1) is 8.16. The van der Waals surface area contributed by atoms with Crippen LogP contribution in [0, 0.1) is 6.92 Å². The van der Waals surface area contributed by atoms with E-state index in [1.54, 1.807) is 0 Å². The van der Waals surface area contributed by atoms with Gasteiger partial charge < -0.3 is 10.5 Å². The van der Waals surface area contributed by atoms with Gasteiger partial charge in [-0.15, -0.1) is 0 Å². The van der Waals surface area contributed by atoms with E-state index in [0.29, 0.717) is 17.3 Å². The van der Waals surface area contributed by atoms with Crippen LogP contribution in [0.25, 0.3) is 0 Å². The van der Waals surface area contributed by atoms with E-state index in [4.69, 9.17) is 22.1 Å². The second-order valence-corrected chi connectivity index (χ2v) is 4.35. The Morgan fingerprint density at radius 1 is 1.18 bits per heavy atom. The van der Waals surface area contributed by atoms with Crippen LogP contribution in [0.3, 0.4) is 0 Å². The molecule has 0 amide bonds. The highest BCUT2D eigenvalue weighted by molar-refractivity contribution is 6.30. The number of nitrogens with two attached hydrogens (primary N) is 1. The van der Waals surface area contributed by atoms with E-state index in [1.165, 1.54) is 0 Å². The molecule has 3 heteroatoms.